The summed E-state index contributed by atoms with van der Waals surface area (Å²) >= 11 is 0. The van der Waals surface area contributed by atoms with Crippen LogP contribution >= 0.6 is 0 Å². The van der Waals surface area contributed by atoms with Gasteiger partial charge in [0.05, 0.1) is 0 Å². The van der Waals surface area contributed by atoms with Crippen molar-refractivity contribution in [3.8, 4) is 0 Å². The minimum atomic E-state index is -0.272. The summed E-state index contributed by atoms with van der Waals surface area (Å²) < 4.78 is 13.3. The highest BCUT2D eigenvalue weighted by molar-refractivity contribution is 5.93. The fraction of sp³-hybridized carbons (Fsp3) is 0.435. The molecule has 1 amide bonds. The fourth-order valence-corrected chi connectivity index (χ4v) is 3.83. The van der Waals surface area contributed by atoms with Gasteiger partial charge < -0.3 is 4.90 Å². The van der Waals surface area contributed by atoms with E-state index in [1.807, 2.05) is 11.8 Å². The van der Waals surface area contributed by atoms with Crippen LogP contribution in [0.25, 0.3) is 0 Å². The molecule has 27 heavy (non-hydrogen) atoms. The number of amides is 1. The molecule has 1 heterocycles. The van der Waals surface area contributed by atoms with E-state index in [0.29, 0.717) is 6.42 Å². The van der Waals surface area contributed by atoms with Crippen LogP contribution in [-0.2, 0) is 11.3 Å². The first-order valence-corrected chi connectivity index (χ1v) is 9.84. The molecular weight excluding hydrogens is 339 g/mol. The van der Waals surface area contributed by atoms with Gasteiger partial charge in [-0.3, -0.25) is 9.69 Å². The summed E-state index contributed by atoms with van der Waals surface area (Å²) in [5, 5.41) is 0. The number of benzene rings is 2. The van der Waals surface area contributed by atoms with Crippen LogP contribution in [-0.4, -0.2) is 29.9 Å². The molecule has 3 nitrogen and oxygen atoms in total. The van der Waals surface area contributed by atoms with Crippen LogP contribution < -0.4 is 4.90 Å². The van der Waals surface area contributed by atoms with Crippen LogP contribution in [0.3, 0.4) is 0 Å². The molecule has 1 aliphatic heterocycles. The standard InChI is InChI=1S/C23H29FN2O/c1-4-23(27)26(21-9-7-20(24)8-10-21)22-11-13-25(14-12-22)16-19-6-5-17(2)18(3)15-19/h5-10,15,22H,4,11-14,16H2,1-3H3. The number of rotatable bonds is 5. The molecule has 4 heteroatoms. The summed E-state index contributed by atoms with van der Waals surface area (Å²) in [4.78, 5) is 16.9. The van der Waals surface area contributed by atoms with Gasteiger partial charge in [-0.2, -0.15) is 0 Å². The Kier molecular flexibility index (Phi) is 6.27. The van der Waals surface area contributed by atoms with Crippen LogP contribution in [0.5, 0.6) is 0 Å². The van der Waals surface area contributed by atoms with Crippen molar-refractivity contribution in [2.75, 3.05) is 18.0 Å². The first-order valence-electron chi connectivity index (χ1n) is 9.84. The van der Waals surface area contributed by atoms with Crippen LogP contribution in [0.15, 0.2) is 42.5 Å². The number of aryl methyl sites for hydroxylation is 2. The van der Waals surface area contributed by atoms with Gasteiger partial charge in [-0.05, 0) is 67.6 Å². The largest absolute Gasteiger partial charge is 0.309 e. The second-order valence-corrected chi connectivity index (χ2v) is 7.52. The van der Waals surface area contributed by atoms with Gasteiger partial charge in [-0.25, -0.2) is 4.39 Å². The van der Waals surface area contributed by atoms with Gasteiger partial charge in [-0.15, -0.1) is 0 Å². The molecule has 0 spiro atoms. The summed E-state index contributed by atoms with van der Waals surface area (Å²) in [6.07, 6.45) is 2.34. The van der Waals surface area contributed by atoms with Crippen molar-refractivity contribution in [3.05, 3.63) is 65.0 Å². The minimum absolute atomic E-state index is 0.106. The lowest BCUT2D eigenvalue weighted by molar-refractivity contribution is -0.119. The third-order valence-corrected chi connectivity index (χ3v) is 5.58. The molecule has 0 unspecified atom stereocenters. The Balaban J connectivity index is 1.65. The number of carbonyl (C=O) groups excluding carboxylic acids is 1. The monoisotopic (exact) mass is 368 g/mol. The van der Waals surface area contributed by atoms with Crippen LogP contribution in [0.4, 0.5) is 10.1 Å². The van der Waals surface area contributed by atoms with Gasteiger partial charge in [-0.1, -0.05) is 25.1 Å². The summed E-state index contributed by atoms with van der Waals surface area (Å²) in [7, 11) is 0. The molecular formula is C23H29FN2O. The Morgan fingerprint density at radius 1 is 1.07 bits per heavy atom. The SMILES string of the molecule is CCC(=O)N(c1ccc(F)cc1)C1CCN(Cc2ccc(C)c(C)c2)CC1. The first-order chi connectivity index (χ1) is 13.0. The molecule has 1 saturated heterocycles. The van der Waals surface area contributed by atoms with E-state index in [9.17, 15) is 9.18 Å². The molecule has 0 N–H and O–H groups in total. The second kappa shape index (κ2) is 8.66. The molecule has 0 aliphatic carbocycles. The van der Waals surface area contributed by atoms with E-state index in [4.69, 9.17) is 0 Å². The third kappa shape index (κ3) is 4.75. The molecule has 0 bridgehead atoms. The first kappa shape index (κ1) is 19.6. The maximum absolute atomic E-state index is 13.3. The zero-order valence-corrected chi connectivity index (χ0v) is 16.5. The van der Waals surface area contributed by atoms with Crippen molar-refractivity contribution in [3.63, 3.8) is 0 Å². The quantitative estimate of drug-likeness (QED) is 0.753. The maximum atomic E-state index is 13.3. The highest BCUT2D eigenvalue weighted by atomic mass is 19.1. The summed E-state index contributed by atoms with van der Waals surface area (Å²) in [5.41, 5.74) is 4.80. The Morgan fingerprint density at radius 2 is 1.74 bits per heavy atom. The smallest absolute Gasteiger partial charge is 0.226 e. The van der Waals surface area contributed by atoms with Crippen molar-refractivity contribution >= 4 is 11.6 Å². The maximum Gasteiger partial charge on any atom is 0.226 e. The molecule has 2 aromatic carbocycles. The van der Waals surface area contributed by atoms with E-state index in [0.717, 1.165) is 38.2 Å². The molecule has 0 atom stereocenters. The van der Waals surface area contributed by atoms with E-state index in [-0.39, 0.29) is 17.8 Å². The molecule has 2 aromatic rings. The van der Waals surface area contributed by atoms with E-state index < -0.39 is 0 Å². The van der Waals surface area contributed by atoms with Crippen LogP contribution in [0, 0.1) is 19.7 Å². The fourth-order valence-electron chi connectivity index (χ4n) is 3.83. The van der Waals surface area contributed by atoms with Crippen molar-refractivity contribution in [1.82, 2.24) is 4.90 Å². The summed E-state index contributed by atoms with van der Waals surface area (Å²) in [6.45, 7) is 9.06. The van der Waals surface area contributed by atoms with Crippen molar-refractivity contribution in [2.45, 2.75) is 52.6 Å². The van der Waals surface area contributed by atoms with Crippen LogP contribution in [0.2, 0.25) is 0 Å². The van der Waals surface area contributed by atoms with E-state index >= 15 is 0 Å². The average Bonchev–Trinajstić information content (AvgIpc) is 2.67. The normalized spacial score (nSPS) is 15.7. The van der Waals surface area contributed by atoms with E-state index in [2.05, 4.69) is 36.9 Å². The Labute approximate surface area is 161 Å². The molecule has 0 saturated carbocycles. The van der Waals surface area contributed by atoms with Crippen molar-refractivity contribution in [1.29, 1.82) is 0 Å². The number of likely N-dealkylation sites (tertiary alicyclic amines) is 1. The third-order valence-electron chi connectivity index (χ3n) is 5.58. The van der Waals surface area contributed by atoms with E-state index in [1.165, 1.54) is 28.8 Å². The molecule has 0 radical (unpaired) electrons. The predicted octanol–water partition coefficient (Wildman–Crippen LogP) is 4.85. The van der Waals surface area contributed by atoms with Gasteiger partial charge in [0.15, 0.2) is 0 Å². The highest BCUT2D eigenvalue weighted by Gasteiger charge is 2.28. The van der Waals surface area contributed by atoms with Gasteiger partial charge in [0.1, 0.15) is 5.82 Å². The summed E-state index contributed by atoms with van der Waals surface area (Å²) in [5.74, 6) is -0.167. The zero-order valence-electron chi connectivity index (χ0n) is 16.5. The Hall–Kier alpha value is -2.20. The summed E-state index contributed by atoms with van der Waals surface area (Å²) in [6, 6.07) is 13.1. The number of piperidine rings is 1. The molecule has 1 aliphatic rings. The lowest BCUT2D eigenvalue weighted by atomic mass is 10.00. The predicted molar refractivity (Wildman–Crippen MR) is 108 cm³/mol. The number of anilines is 1. The molecule has 0 aromatic heterocycles. The number of halogens is 1. The van der Waals surface area contributed by atoms with Gasteiger partial charge in [0.25, 0.3) is 0 Å². The molecule has 144 valence electrons. The lowest BCUT2D eigenvalue weighted by Gasteiger charge is -2.38. The minimum Gasteiger partial charge on any atom is -0.309 e. The molecule has 3 rings (SSSR count). The Morgan fingerprint density at radius 3 is 2.33 bits per heavy atom. The highest BCUT2D eigenvalue weighted by Crippen LogP contribution is 2.26. The van der Waals surface area contributed by atoms with Gasteiger partial charge in [0.2, 0.25) is 5.91 Å². The number of hydrogen-bond donors (Lipinski definition) is 0. The van der Waals surface area contributed by atoms with Gasteiger partial charge >= 0.3 is 0 Å². The zero-order chi connectivity index (χ0) is 19.4. The number of hydrogen-bond acceptors (Lipinski definition) is 2. The lowest BCUT2D eigenvalue weighted by Crippen LogP contribution is -2.47. The van der Waals surface area contributed by atoms with E-state index in [1.54, 1.807) is 12.1 Å². The Bertz CT molecular complexity index is 779. The molecule has 1 fully saturated rings. The topological polar surface area (TPSA) is 23.6 Å². The van der Waals surface area contributed by atoms with Gasteiger partial charge in [0, 0.05) is 37.8 Å². The van der Waals surface area contributed by atoms with Crippen molar-refractivity contribution in [2.24, 2.45) is 0 Å². The average molecular weight is 368 g/mol. The number of carbonyl (C=O) groups is 1. The van der Waals surface area contributed by atoms with Crippen LogP contribution in [0.1, 0.15) is 42.9 Å². The second-order valence-electron chi connectivity index (χ2n) is 7.52. The van der Waals surface area contributed by atoms with Crippen molar-refractivity contribution < 1.29 is 9.18 Å². The number of nitrogens with zero attached hydrogens (tertiary/aromatic N) is 2.